The Morgan fingerprint density at radius 2 is 2.04 bits per heavy atom. The Bertz CT molecular complexity index is 760. The molecule has 1 heterocycles. The van der Waals surface area contributed by atoms with Gasteiger partial charge in [0.25, 0.3) is 0 Å². The van der Waals surface area contributed by atoms with Crippen molar-refractivity contribution in [2.45, 2.75) is 45.8 Å². The van der Waals surface area contributed by atoms with E-state index in [1.807, 2.05) is 49.4 Å². The molecule has 1 atom stereocenters. The van der Waals surface area contributed by atoms with E-state index in [4.69, 9.17) is 14.2 Å². The average Bonchev–Trinajstić information content (AvgIpc) is 3.03. The second kappa shape index (κ2) is 9.31. The average molecular weight is 369 g/mol. The molecule has 0 saturated carbocycles. The highest BCUT2D eigenvalue weighted by atomic mass is 16.5. The Hall–Kier alpha value is -2.69. The molecule has 1 amide bonds. The van der Waals surface area contributed by atoms with Gasteiger partial charge in [-0.2, -0.15) is 0 Å². The van der Waals surface area contributed by atoms with Crippen LogP contribution in [-0.2, 0) is 17.8 Å². The first-order valence-corrected chi connectivity index (χ1v) is 9.55. The van der Waals surface area contributed by atoms with E-state index in [0.717, 1.165) is 29.2 Å². The van der Waals surface area contributed by atoms with Gasteiger partial charge in [-0.15, -0.1) is 0 Å². The first-order valence-electron chi connectivity index (χ1n) is 9.55. The van der Waals surface area contributed by atoms with E-state index in [1.165, 1.54) is 5.56 Å². The van der Waals surface area contributed by atoms with Gasteiger partial charge in [-0.05, 0) is 44.5 Å². The highest BCUT2D eigenvalue weighted by molar-refractivity contribution is 5.76. The molecule has 5 heteroatoms. The molecule has 1 aliphatic heterocycles. The van der Waals surface area contributed by atoms with Crippen LogP contribution in [0.2, 0.25) is 0 Å². The summed E-state index contributed by atoms with van der Waals surface area (Å²) in [5.41, 5.74) is 2.11. The summed E-state index contributed by atoms with van der Waals surface area (Å²) in [6, 6.07) is 13.7. The van der Waals surface area contributed by atoms with Gasteiger partial charge in [0.1, 0.15) is 23.4 Å². The maximum absolute atomic E-state index is 12.1. The number of hydrogen-bond acceptors (Lipinski definition) is 4. The van der Waals surface area contributed by atoms with Crippen molar-refractivity contribution >= 4 is 5.91 Å². The van der Waals surface area contributed by atoms with Gasteiger partial charge in [-0.25, -0.2) is 0 Å². The highest BCUT2D eigenvalue weighted by Gasteiger charge is 2.22. The van der Waals surface area contributed by atoms with Gasteiger partial charge in [0.15, 0.2) is 0 Å². The number of fused-ring (bicyclic) bond motifs is 1. The van der Waals surface area contributed by atoms with Crippen LogP contribution in [0.4, 0.5) is 0 Å². The first kappa shape index (κ1) is 19.1. The molecule has 1 unspecified atom stereocenters. The predicted octanol–water partition coefficient (Wildman–Crippen LogP) is 3.88. The van der Waals surface area contributed by atoms with E-state index in [9.17, 15) is 4.79 Å². The Kier molecular flexibility index (Phi) is 6.58. The molecule has 1 N–H and O–H groups in total. The van der Waals surface area contributed by atoms with E-state index in [1.54, 1.807) is 0 Å². The number of rotatable bonds is 9. The summed E-state index contributed by atoms with van der Waals surface area (Å²) < 4.78 is 17.2. The maximum Gasteiger partial charge on any atom is 0.220 e. The van der Waals surface area contributed by atoms with Crippen molar-refractivity contribution in [3.05, 3.63) is 53.6 Å². The van der Waals surface area contributed by atoms with Crippen LogP contribution in [0.25, 0.3) is 0 Å². The first-order chi connectivity index (χ1) is 13.2. The highest BCUT2D eigenvalue weighted by Crippen LogP contribution is 2.35. The van der Waals surface area contributed by atoms with Crippen molar-refractivity contribution < 1.29 is 19.0 Å². The Morgan fingerprint density at radius 3 is 2.81 bits per heavy atom. The number of nitrogens with one attached hydrogen (secondary N) is 1. The molecule has 2 aromatic carbocycles. The SMILES string of the molecule is CCOc1cc2c(cc1CNC(=O)CCCOc1ccccc1)OC(C)C2. The van der Waals surface area contributed by atoms with Gasteiger partial charge in [0.05, 0.1) is 13.2 Å². The number of hydrogen-bond donors (Lipinski definition) is 1. The fraction of sp³-hybridized carbons (Fsp3) is 0.409. The fourth-order valence-corrected chi connectivity index (χ4v) is 3.13. The van der Waals surface area contributed by atoms with Crippen LogP contribution in [0, 0.1) is 0 Å². The van der Waals surface area contributed by atoms with Crippen LogP contribution in [-0.4, -0.2) is 25.2 Å². The number of para-hydroxylation sites is 1. The molecule has 0 aromatic heterocycles. The lowest BCUT2D eigenvalue weighted by molar-refractivity contribution is -0.121. The molecule has 0 spiro atoms. The second-order valence-electron chi connectivity index (χ2n) is 6.68. The lowest BCUT2D eigenvalue weighted by Crippen LogP contribution is -2.23. The summed E-state index contributed by atoms with van der Waals surface area (Å²) >= 11 is 0. The van der Waals surface area contributed by atoms with Crippen LogP contribution in [0.5, 0.6) is 17.2 Å². The molecule has 3 rings (SSSR count). The summed E-state index contributed by atoms with van der Waals surface area (Å²) in [6.07, 6.45) is 2.17. The molecule has 1 aliphatic rings. The summed E-state index contributed by atoms with van der Waals surface area (Å²) in [5, 5.41) is 2.97. The second-order valence-corrected chi connectivity index (χ2v) is 6.68. The Labute approximate surface area is 160 Å². The summed E-state index contributed by atoms with van der Waals surface area (Å²) in [6.45, 7) is 5.55. The molecule has 0 aliphatic carbocycles. The standard InChI is InChI=1S/C22H27NO4/c1-3-25-20-13-17-12-16(2)27-21(17)14-18(20)15-23-22(24)10-7-11-26-19-8-5-4-6-9-19/h4-6,8-9,13-14,16H,3,7,10-12,15H2,1-2H3,(H,23,24). The summed E-state index contributed by atoms with van der Waals surface area (Å²) in [5.74, 6) is 2.55. The molecule has 2 aromatic rings. The lowest BCUT2D eigenvalue weighted by atomic mass is 10.1. The Morgan fingerprint density at radius 1 is 1.22 bits per heavy atom. The molecular weight excluding hydrogens is 342 g/mol. The van der Waals surface area contributed by atoms with Crippen molar-refractivity contribution in [1.29, 1.82) is 0 Å². The minimum Gasteiger partial charge on any atom is -0.494 e. The minimum atomic E-state index is 0.00361. The number of ether oxygens (including phenoxy) is 3. The smallest absolute Gasteiger partial charge is 0.220 e. The topological polar surface area (TPSA) is 56.8 Å². The van der Waals surface area contributed by atoms with E-state index in [0.29, 0.717) is 32.6 Å². The fourth-order valence-electron chi connectivity index (χ4n) is 3.13. The quantitative estimate of drug-likeness (QED) is 0.682. The van der Waals surface area contributed by atoms with E-state index >= 15 is 0 Å². The van der Waals surface area contributed by atoms with Crippen molar-refractivity contribution in [2.24, 2.45) is 0 Å². The number of amides is 1. The third-order valence-electron chi connectivity index (χ3n) is 4.42. The summed E-state index contributed by atoms with van der Waals surface area (Å²) in [4.78, 5) is 12.1. The van der Waals surface area contributed by atoms with Gasteiger partial charge in [0.2, 0.25) is 5.91 Å². The predicted molar refractivity (Wildman–Crippen MR) is 104 cm³/mol. The zero-order valence-corrected chi connectivity index (χ0v) is 16.0. The molecule has 144 valence electrons. The van der Waals surface area contributed by atoms with Crippen LogP contribution in [0.1, 0.15) is 37.8 Å². The third kappa shape index (κ3) is 5.39. The lowest BCUT2D eigenvalue weighted by Gasteiger charge is -2.13. The van der Waals surface area contributed by atoms with Crippen molar-refractivity contribution in [1.82, 2.24) is 5.32 Å². The molecule has 5 nitrogen and oxygen atoms in total. The molecule has 0 saturated heterocycles. The van der Waals surface area contributed by atoms with Gasteiger partial charge in [0, 0.05) is 30.5 Å². The van der Waals surface area contributed by atoms with Crippen molar-refractivity contribution in [2.75, 3.05) is 13.2 Å². The molecule has 0 radical (unpaired) electrons. The number of benzene rings is 2. The zero-order valence-electron chi connectivity index (χ0n) is 16.0. The van der Waals surface area contributed by atoms with Crippen molar-refractivity contribution in [3.8, 4) is 17.2 Å². The molecule has 0 bridgehead atoms. The Balaban J connectivity index is 1.47. The van der Waals surface area contributed by atoms with Crippen LogP contribution in [0.3, 0.4) is 0 Å². The monoisotopic (exact) mass is 369 g/mol. The van der Waals surface area contributed by atoms with Crippen molar-refractivity contribution in [3.63, 3.8) is 0 Å². The zero-order chi connectivity index (χ0) is 19.1. The van der Waals surface area contributed by atoms with E-state index in [-0.39, 0.29) is 12.0 Å². The normalized spacial score (nSPS) is 15.0. The molecular formula is C22H27NO4. The number of carbonyl (C=O) groups is 1. The summed E-state index contributed by atoms with van der Waals surface area (Å²) in [7, 11) is 0. The largest absolute Gasteiger partial charge is 0.494 e. The van der Waals surface area contributed by atoms with Gasteiger partial charge in [-0.1, -0.05) is 18.2 Å². The van der Waals surface area contributed by atoms with E-state index in [2.05, 4.69) is 12.2 Å². The van der Waals surface area contributed by atoms with Crippen LogP contribution in [0.15, 0.2) is 42.5 Å². The van der Waals surface area contributed by atoms with E-state index < -0.39 is 0 Å². The van der Waals surface area contributed by atoms with Crippen LogP contribution < -0.4 is 19.5 Å². The van der Waals surface area contributed by atoms with Gasteiger partial charge < -0.3 is 19.5 Å². The maximum atomic E-state index is 12.1. The minimum absolute atomic E-state index is 0.00361. The van der Waals surface area contributed by atoms with Gasteiger partial charge in [-0.3, -0.25) is 4.79 Å². The third-order valence-corrected chi connectivity index (χ3v) is 4.42. The molecule has 27 heavy (non-hydrogen) atoms. The molecule has 0 fully saturated rings. The number of carbonyl (C=O) groups excluding carboxylic acids is 1. The van der Waals surface area contributed by atoms with Crippen LogP contribution >= 0.6 is 0 Å². The van der Waals surface area contributed by atoms with Gasteiger partial charge >= 0.3 is 0 Å².